The number of hydrogen-bond acceptors (Lipinski definition) is 3. The van der Waals surface area contributed by atoms with Crippen molar-refractivity contribution >= 4 is 28.6 Å². The van der Waals surface area contributed by atoms with Gasteiger partial charge in [0.2, 0.25) is 0 Å². The van der Waals surface area contributed by atoms with E-state index in [-0.39, 0.29) is 5.97 Å². The number of methoxy groups -OCH3 is 1. The Morgan fingerprint density at radius 2 is 2.25 bits per heavy atom. The summed E-state index contributed by atoms with van der Waals surface area (Å²) in [4.78, 5) is 16.8. The summed E-state index contributed by atoms with van der Waals surface area (Å²) in [5, 5.41) is 0.676. The van der Waals surface area contributed by atoms with Crippen LogP contribution in [0, 0.1) is 0 Å². The zero-order valence-corrected chi connectivity index (χ0v) is 12.4. The predicted molar refractivity (Wildman–Crippen MR) is 78.0 cm³/mol. The van der Waals surface area contributed by atoms with Crippen molar-refractivity contribution in [3.8, 4) is 0 Å². The zero-order valence-electron chi connectivity index (χ0n) is 11.6. The number of rotatable bonds is 4. The average molecular weight is 293 g/mol. The van der Waals surface area contributed by atoms with Gasteiger partial charge in [0, 0.05) is 6.54 Å². The lowest BCUT2D eigenvalue weighted by Gasteiger charge is -2.15. The zero-order chi connectivity index (χ0) is 14.3. The lowest BCUT2D eigenvalue weighted by atomic mass is 10.1. The minimum Gasteiger partial charge on any atom is -0.468 e. The van der Waals surface area contributed by atoms with Gasteiger partial charge in [0.15, 0.2) is 0 Å². The number of halogens is 1. The number of para-hydroxylation sites is 1. The van der Waals surface area contributed by atoms with Crippen molar-refractivity contribution in [3.05, 3.63) is 29.0 Å². The third kappa shape index (κ3) is 1.82. The quantitative estimate of drug-likeness (QED) is 0.812. The highest BCUT2D eigenvalue weighted by molar-refractivity contribution is 6.35. The molecule has 0 saturated heterocycles. The molecule has 1 aromatic heterocycles. The second kappa shape index (κ2) is 4.77. The topological polar surface area (TPSA) is 44.1 Å². The van der Waals surface area contributed by atoms with Crippen molar-refractivity contribution in [3.63, 3.8) is 0 Å². The van der Waals surface area contributed by atoms with Crippen molar-refractivity contribution in [2.24, 2.45) is 0 Å². The molecule has 0 atom stereocenters. The first-order valence-corrected chi connectivity index (χ1v) is 7.25. The van der Waals surface area contributed by atoms with E-state index in [1.54, 1.807) is 0 Å². The van der Waals surface area contributed by atoms with Crippen LogP contribution in [0.4, 0.5) is 0 Å². The van der Waals surface area contributed by atoms with Crippen LogP contribution in [0.3, 0.4) is 0 Å². The molecule has 0 aliphatic heterocycles. The molecular formula is C15H17ClN2O2. The number of benzene rings is 1. The van der Waals surface area contributed by atoms with Crippen LogP contribution in [-0.4, -0.2) is 22.6 Å². The smallest absolute Gasteiger partial charge is 0.319 e. The minimum atomic E-state index is -0.563. The van der Waals surface area contributed by atoms with Crippen molar-refractivity contribution in [1.29, 1.82) is 0 Å². The fraction of sp³-hybridized carbons (Fsp3) is 0.467. The first kappa shape index (κ1) is 13.4. The summed E-state index contributed by atoms with van der Waals surface area (Å²) in [6, 6.07) is 5.68. The lowest BCUT2D eigenvalue weighted by molar-refractivity contribution is -0.144. The summed E-state index contributed by atoms with van der Waals surface area (Å²) in [5.74, 6) is 0.607. The Hall–Kier alpha value is -1.55. The van der Waals surface area contributed by atoms with Crippen LogP contribution >= 0.6 is 11.6 Å². The Morgan fingerprint density at radius 3 is 2.85 bits per heavy atom. The van der Waals surface area contributed by atoms with Crippen LogP contribution in [0.5, 0.6) is 0 Å². The molecule has 5 heteroatoms. The number of ether oxygens (including phenoxy) is 1. The van der Waals surface area contributed by atoms with E-state index in [0.29, 0.717) is 5.02 Å². The van der Waals surface area contributed by atoms with Gasteiger partial charge in [0.25, 0.3) is 0 Å². The van der Waals surface area contributed by atoms with Crippen LogP contribution in [0.1, 0.15) is 32.0 Å². The normalized spacial score (nSPS) is 16.4. The van der Waals surface area contributed by atoms with Crippen LogP contribution < -0.4 is 0 Å². The molecule has 1 aromatic carbocycles. The summed E-state index contributed by atoms with van der Waals surface area (Å²) < 4.78 is 7.05. The number of fused-ring (bicyclic) bond motifs is 1. The summed E-state index contributed by atoms with van der Waals surface area (Å²) in [6.07, 6.45) is 2.55. The molecule has 0 N–H and O–H groups in total. The van der Waals surface area contributed by atoms with Gasteiger partial charge in [-0.05, 0) is 31.4 Å². The molecule has 4 nitrogen and oxygen atoms in total. The molecular weight excluding hydrogens is 276 g/mol. The number of carbonyl (C=O) groups excluding carboxylic acids is 1. The van der Waals surface area contributed by atoms with Gasteiger partial charge in [-0.2, -0.15) is 0 Å². The van der Waals surface area contributed by atoms with Crippen molar-refractivity contribution in [2.75, 3.05) is 7.11 Å². The molecule has 0 unspecified atom stereocenters. The molecule has 1 heterocycles. The van der Waals surface area contributed by atoms with Gasteiger partial charge in [-0.15, -0.1) is 0 Å². The molecule has 1 fully saturated rings. The van der Waals surface area contributed by atoms with Gasteiger partial charge >= 0.3 is 5.97 Å². The van der Waals surface area contributed by atoms with Crippen molar-refractivity contribution < 1.29 is 9.53 Å². The number of carbonyl (C=O) groups is 1. The molecule has 1 aliphatic rings. The number of esters is 1. The van der Waals surface area contributed by atoms with Crippen molar-refractivity contribution in [1.82, 2.24) is 9.55 Å². The largest absolute Gasteiger partial charge is 0.468 e. The fourth-order valence-electron chi connectivity index (χ4n) is 2.79. The predicted octanol–water partition coefficient (Wildman–Crippen LogP) is 3.30. The van der Waals surface area contributed by atoms with Crippen LogP contribution in [0.2, 0.25) is 5.02 Å². The maximum Gasteiger partial charge on any atom is 0.319 e. The first-order valence-electron chi connectivity index (χ1n) is 6.87. The molecule has 0 spiro atoms. The molecule has 0 bridgehead atoms. The molecule has 2 aromatic rings. The van der Waals surface area contributed by atoms with Gasteiger partial charge < -0.3 is 9.30 Å². The minimum absolute atomic E-state index is 0.193. The maximum atomic E-state index is 12.1. The molecule has 0 amide bonds. The lowest BCUT2D eigenvalue weighted by Crippen LogP contribution is -2.26. The monoisotopic (exact) mass is 292 g/mol. The van der Waals surface area contributed by atoms with E-state index in [9.17, 15) is 4.79 Å². The number of hydrogen-bond donors (Lipinski definition) is 0. The summed E-state index contributed by atoms with van der Waals surface area (Å²) in [6.45, 7) is 2.90. The molecule has 106 valence electrons. The summed E-state index contributed by atoms with van der Waals surface area (Å²) >= 11 is 6.32. The van der Waals surface area contributed by atoms with Gasteiger partial charge in [-0.3, -0.25) is 4.79 Å². The Bertz CT molecular complexity index is 674. The third-order valence-corrected chi connectivity index (χ3v) is 4.22. The summed E-state index contributed by atoms with van der Waals surface area (Å²) in [5.41, 5.74) is 1.20. The van der Waals surface area contributed by atoms with Gasteiger partial charge in [0.1, 0.15) is 11.2 Å². The average Bonchev–Trinajstić information content (AvgIpc) is 3.17. The highest BCUT2D eigenvalue weighted by atomic mass is 35.5. The van der Waals surface area contributed by atoms with E-state index in [1.807, 2.05) is 18.2 Å². The van der Waals surface area contributed by atoms with E-state index < -0.39 is 5.41 Å². The number of nitrogens with zero attached hydrogens (tertiary/aromatic N) is 2. The van der Waals surface area contributed by atoms with E-state index in [1.165, 1.54) is 7.11 Å². The second-order valence-corrected chi connectivity index (χ2v) is 5.68. The van der Waals surface area contributed by atoms with E-state index >= 15 is 0 Å². The number of aryl methyl sites for hydroxylation is 1. The van der Waals surface area contributed by atoms with Gasteiger partial charge in [0.05, 0.1) is 23.2 Å². The van der Waals surface area contributed by atoms with E-state index in [0.717, 1.165) is 42.7 Å². The molecule has 3 rings (SSSR count). The van der Waals surface area contributed by atoms with Gasteiger partial charge in [-0.1, -0.05) is 24.6 Å². The number of aromatic nitrogens is 2. The molecule has 1 saturated carbocycles. The van der Waals surface area contributed by atoms with Gasteiger partial charge in [-0.25, -0.2) is 4.98 Å². The van der Waals surface area contributed by atoms with E-state index in [2.05, 4.69) is 16.5 Å². The summed E-state index contributed by atoms with van der Waals surface area (Å²) in [7, 11) is 1.43. The Labute approximate surface area is 122 Å². The highest BCUT2D eigenvalue weighted by Crippen LogP contribution is 2.49. The highest BCUT2D eigenvalue weighted by Gasteiger charge is 2.56. The van der Waals surface area contributed by atoms with E-state index in [4.69, 9.17) is 16.3 Å². The second-order valence-electron chi connectivity index (χ2n) is 5.27. The Balaban J connectivity index is 2.23. The molecule has 0 radical (unpaired) electrons. The van der Waals surface area contributed by atoms with Crippen LogP contribution in [-0.2, 0) is 21.5 Å². The molecule has 1 aliphatic carbocycles. The maximum absolute atomic E-state index is 12.1. The van der Waals surface area contributed by atoms with Crippen LogP contribution in [0.25, 0.3) is 11.0 Å². The van der Waals surface area contributed by atoms with Crippen LogP contribution in [0.15, 0.2) is 18.2 Å². The first-order chi connectivity index (χ1) is 9.64. The molecule has 20 heavy (non-hydrogen) atoms. The van der Waals surface area contributed by atoms with Crippen molar-refractivity contribution in [2.45, 2.75) is 38.1 Å². The fourth-order valence-corrected chi connectivity index (χ4v) is 3.06. The third-order valence-electron chi connectivity index (χ3n) is 3.92. The Kier molecular flexibility index (Phi) is 3.21. The SMILES string of the molecule is CCCn1c(C2(C(=O)OC)CC2)nc2cccc(Cl)c21. The number of imidazole rings is 1. The Morgan fingerprint density at radius 1 is 1.50 bits per heavy atom. The standard InChI is InChI=1S/C15H17ClN2O2/c1-3-9-18-12-10(16)5-4-6-11(12)17-13(18)15(7-8-15)14(19)20-2/h4-6H,3,7-9H2,1-2H3.